The van der Waals surface area contributed by atoms with E-state index in [0.29, 0.717) is 5.92 Å². The molecule has 2 atom stereocenters. The van der Waals surface area contributed by atoms with Gasteiger partial charge in [0.15, 0.2) is 5.82 Å². The summed E-state index contributed by atoms with van der Waals surface area (Å²) < 4.78 is 7.47. The Morgan fingerprint density at radius 3 is 3.13 bits per heavy atom. The van der Waals surface area contributed by atoms with Gasteiger partial charge in [-0.2, -0.15) is 5.10 Å². The summed E-state index contributed by atoms with van der Waals surface area (Å²) in [5.41, 5.74) is 0. The summed E-state index contributed by atoms with van der Waals surface area (Å²) in [6.07, 6.45) is 3.40. The van der Waals surface area contributed by atoms with Crippen molar-refractivity contribution in [3.8, 4) is 0 Å². The van der Waals surface area contributed by atoms with E-state index in [4.69, 9.17) is 4.74 Å². The molecule has 0 radical (unpaired) electrons. The van der Waals surface area contributed by atoms with Crippen molar-refractivity contribution in [2.24, 2.45) is 5.92 Å². The summed E-state index contributed by atoms with van der Waals surface area (Å²) in [7, 11) is 0. The van der Waals surface area contributed by atoms with Gasteiger partial charge in [0.1, 0.15) is 5.82 Å². The van der Waals surface area contributed by atoms with Gasteiger partial charge in [-0.1, -0.05) is 6.92 Å². The van der Waals surface area contributed by atoms with Crippen LogP contribution in [0, 0.1) is 5.92 Å². The Morgan fingerprint density at radius 2 is 2.33 bits per heavy atom. The van der Waals surface area contributed by atoms with Gasteiger partial charge >= 0.3 is 0 Å². The molecule has 1 aromatic heterocycles. The number of fused-ring (bicyclic) bond motifs is 1. The van der Waals surface area contributed by atoms with E-state index in [9.17, 15) is 0 Å². The third-order valence-corrected chi connectivity index (χ3v) is 3.42. The Bertz CT molecular complexity index is 355. The summed E-state index contributed by atoms with van der Waals surface area (Å²) in [6.45, 7) is 5.00. The van der Waals surface area contributed by atoms with Crippen LogP contribution in [0.3, 0.4) is 0 Å². The first-order valence-corrected chi connectivity index (χ1v) is 5.84. The molecule has 0 bridgehead atoms. The zero-order chi connectivity index (χ0) is 10.3. The highest BCUT2D eigenvalue weighted by molar-refractivity contribution is 5.03. The second-order valence-electron chi connectivity index (χ2n) is 4.77. The zero-order valence-corrected chi connectivity index (χ0v) is 9.15. The van der Waals surface area contributed by atoms with Gasteiger partial charge in [-0.25, -0.2) is 9.67 Å². The molecule has 0 aliphatic carbocycles. The number of ether oxygens (including phenoxy) is 1. The highest BCUT2D eigenvalue weighted by Crippen LogP contribution is 2.25. The topological polar surface area (TPSA) is 39.9 Å². The molecule has 2 aliphatic rings. The van der Waals surface area contributed by atoms with Gasteiger partial charge in [-0.3, -0.25) is 0 Å². The molecular formula is C11H17N3O. The molecule has 2 unspecified atom stereocenters. The normalized spacial score (nSPS) is 30.5. The highest BCUT2D eigenvalue weighted by Gasteiger charge is 2.25. The minimum atomic E-state index is 0.443. The molecule has 1 aromatic rings. The summed E-state index contributed by atoms with van der Waals surface area (Å²) in [4.78, 5) is 4.66. The first-order valence-electron chi connectivity index (χ1n) is 5.84. The molecule has 0 saturated carbocycles. The van der Waals surface area contributed by atoms with Gasteiger partial charge in [-0.15, -0.1) is 0 Å². The fourth-order valence-corrected chi connectivity index (χ4v) is 2.39. The predicted molar refractivity (Wildman–Crippen MR) is 55.7 cm³/mol. The third kappa shape index (κ3) is 1.67. The van der Waals surface area contributed by atoms with Crippen molar-refractivity contribution >= 4 is 0 Å². The molecule has 1 saturated heterocycles. The van der Waals surface area contributed by atoms with Gasteiger partial charge in [0.2, 0.25) is 0 Å². The van der Waals surface area contributed by atoms with Crippen LogP contribution < -0.4 is 0 Å². The van der Waals surface area contributed by atoms with Gasteiger partial charge < -0.3 is 4.74 Å². The fourth-order valence-electron chi connectivity index (χ4n) is 2.39. The standard InChI is InChI=1S/C11H17N3O/c1-8-2-4-14-10(6-8)12-11(13-14)9-3-5-15-7-9/h8-9H,2-7H2,1H3. The maximum Gasteiger partial charge on any atom is 0.156 e. The maximum absolute atomic E-state index is 5.38. The minimum absolute atomic E-state index is 0.443. The number of aryl methyl sites for hydroxylation is 1. The first-order chi connectivity index (χ1) is 7.33. The Hall–Kier alpha value is -0.900. The van der Waals surface area contributed by atoms with Crippen molar-refractivity contribution < 1.29 is 4.74 Å². The first kappa shape index (κ1) is 9.33. The summed E-state index contributed by atoms with van der Waals surface area (Å²) in [5, 5.41) is 4.59. The van der Waals surface area contributed by atoms with Crippen LogP contribution in [-0.4, -0.2) is 28.0 Å². The van der Waals surface area contributed by atoms with Gasteiger partial charge in [-0.05, 0) is 18.8 Å². The highest BCUT2D eigenvalue weighted by atomic mass is 16.5. The predicted octanol–water partition coefficient (Wildman–Crippen LogP) is 1.36. The quantitative estimate of drug-likeness (QED) is 0.698. The molecular weight excluding hydrogens is 190 g/mol. The van der Waals surface area contributed by atoms with E-state index in [1.165, 1.54) is 12.2 Å². The molecule has 4 nitrogen and oxygen atoms in total. The molecule has 0 N–H and O–H groups in total. The fraction of sp³-hybridized carbons (Fsp3) is 0.818. The Labute approximate surface area is 89.6 Å². The molecule has 4 heteroatoms. The van der Waals surface area contributed by atoms with E-state index in [-0.39, 0.29) is 0 Å². The summed E-state index contributed by atoms with van der Waals surface area (Å²) >= 11 is 0. The van der Waals surface area contributed by atoms with Crippen molar-refractivity contribution in [1.82, 2.24) is 14.8 Å². The van der Waals surface area contributed by atoms with Crippen molar-refractivity contribution in [1.29, 1.82) is 0 Å². The largest absolute Gasteiger partial charge is 0.381 e. The number of hydrogen-bond donors (Lipinski definition) is 0. The van der Waals surface area contributed by atoms with Gasteiger partial charge in [0, 0.05) is 25.5 Å². The van der Waals surface area contributed by atoms with E-state index >= 15 is 0 Å². The van der Waals surface area contributed by atoms with Gasteiger partial charge in [0.05, 0.1) is 6.61 Å². The van der Waals surface area contributed by atoms with Crippen LogP contribution in [0.25, 0.3) is 0 Å². The minimum Gasteiger partial charge on any atom is -0.381 e. The summed E-state index contributed by atoms with van der Waals surface area (Å²) in [5.74, 6) is 3.39. The number of rotatable bonds is 1. The Morgan fingerprint density at radius 1 is 1.40 bits per heavy atom. The van der Waals surface area contributed by atoms with E-state index in [2.05, 4.69) is 21.7 Å². The molecule has 3 heterocycles. The van der Waals surface area contributed by atoms with Crippen molar-refractivity contribution in [2.45, 2.75) is 38.6 Å². The van der Waals surface area contributed by atoms with Crippen LogP contribution in [0.15, 0.2) is 0 Å². The lowest BCUT2D eigenvalue weighted by Gasteiger charge is -2.17. The van der Waals surface area contributed by atoms with E-state index in [1.807, 2.05) is 0 Å². The Kier molecular flexibility index (Phi) is 2.24. The molecule has 0 spiro atoms. The Balaban J connectivity index is 1.85. The average molecular weight is 207 g/mol. The second-order valence-corrected chi connectivity index (χ2v) is 4.77. The lowest BCUT2D eigenvalue weighted by atomic mass is 10.0. The van der Waals surface area contributed by atoms with E-state index in [1.54, 1.807) is 0 Å². The number of aromatic nitrogens is 3. The maximum atomic E-state index is 5.38. The van der Waals surface area contributed by atoms with E-state index in [0.717, 1.165) is 44.3 Å². The number of nitrogens with zero attached hydrogens (tertiary/aromatic N) is 3. The van der Waals surface area contributed by atoms with Crippen molar-refractivity contribution in [3.05, 3.63) is 11.6 Å². The average Bonchev–Trinajstić information content (AvgIpc) is 2.84. The van der Waals surface area contributed by atoms with E-state index < -0.39 is 0 Å². The molecule has 1 fully saturated rings. The van der Waals surface area contributed by atoms with Crippen molar-refractivity contribution in [2.75, 3.05) is 13.2 Å². The molecule has 15 heavy (non-hydrogen) atoms. The lowest BCUT2D eigenvalue weighted by Crippen LogP contribution is -2.18. The second kappa shape index (κ2) is 3.59. The molecule has 0 aromatic carbocycles. The molecule has 82 valence electrons. The van der Waals surface area contributed by atoms with Crippen molar-refractivity contribution in [3.63, 3.8) is 0 Å². The smallest absolute Gasteiger partial charge is 0.156 e. The lowest BCUT2D eigenvalue weighted by molar-refractivity contribution is 0.193. The molecule has 0 amide bonds. The molecule has 3 rings (SSSR count). The van der Waals surface area contributed by atoms with Crippen LogP contribution in [0.1, 0.15) is 37.3 Å². The SMILES string of the molecule is CC1CCn2nc(C3CCOC3)nc2C1. The van der Waals surface area contributed by atoms with Crippen LogP contribution in [0.4, 0.5) is 0 Å². The zero-order valence-electron chi connectivity index (χ0n) is 9.15. The van der Waals surface area contributed by atoms with Crippen LogP contribution in [0.5, 0.6) is 0 Å². The van der Waals surface area contributed by atoms with Gasteiger partial charge in [0.25, 0.3) is 0 Å². The number of hydrogen-bond acceptors (Lipinski definition) is 3. The monoisotopic (exact) mass is 207 g/mol. The molecule has 2 aliphatic heterocycles. The van der Waals surface area contributed by atoms with Crippen LogP contribution in [-0.2, 0) is 17.7 Å². The summed E-state index contributed by atoms with van der Waals surface area (Å²) in [6, 6.07) is 0. The van der Waals surface area contributed by atoms with Crippen LogP contribution >= 0.6 is 0 Å². The third-order valence-electron chi connectivity index (χ3n) is 3.42. The van der Waals surface area contributed by atoms with Crippen LogP contribution in [0.2, 0.25) is 0 Å².